The Bertz CT molecular complexity index is 1050. The van der Waals surface area contributed by atoms with Gasteiger partial charge in [-0.15, -0.1) is 0 Å². The molecular formula is C33H44F2O5. The Labute approximate surface area is 237 Å². The molecule has 1 atom stereocenters. The fraction of sp³-hybridized carbons (Fsp3) is 0.576. The largest absolute Gasteiger partial charge is 0.491 e. The van der Waals surface area contributed by atoms with Crippen molar-refractivity contribution in [3.05, 3.63) is 59.4 Å². The fourth-order valence-electron chi connectivity index (χ4n) is 4.99. The van der Waals surface area contributed by atoms with Crippen molar-refractivity contribution >= 4 is 11.9 Å². The first-order valence-electron chi connectivity index (χ1n) is 15.0. The molecule has 1 saturated carbocycles. The van der Waals surface area contributed by atoms with Gasteiger partial charge >= 0.3 is 11.9 Å². The maximum absolute atomic E-state index is 14.4. The lowest BCUT2D eigenvalue weighted by Crippen LogP contribution is -2.29. The first kappa shape index (κ1) is 31.6. The van der Waals surface area contributed by atoms with Crippen LogP contribution in [0.15, 0.2) is 42.5 Å². The van der Waals surface area contributed by atoms with Crippen LogP contribution < -0.4 is 9.47 Å². The van der Waals surface area contributed by atoms with E-state index in [1.807, 2.05) is 19.1 Å². The van der Waals surface area contributed by atoms with E-state index in [2.05, 4.69) is 6.92 Å². The predicted molar refractivity (Wildman–Crippen MR) is 152 cm³/mol. The third-order valence-electron chi connectivity index (χ3n) is 7.54. The van der Waals surface area contributed by atoms with E-state index in [0.717, 1.165) is 82.3 Å². The van der Waals surface area contributed by atoms with E-state index < -0.39 is 23.9 Å². The minimum atomic E-state index is -1.51. The van der Waals surface area contributed by atoms with E-state index in [9.17, 15) is 18.4 Å². The third-order valence-corrected chi connectivity index (χ3v) is 7.54. The fourth-order valence-corrected chi connectivity index (χ4v) is 4.99. The Balaban J connectivity index is 1.38. The summed E-state index contributed by atoms with van der Waals surface area (Å²) in [4.78, 5) is 24.4. The monoisotopic (exact) mass is 558 g/mol. The molecule has 2 aromatic carbocycles. The molecule has 5 nitrogen and oxygen atoms in total. The summed E-state index contributed by atoms with van der Waals surface area (Å²) < 4.78 is 44.6. The number of aryl methyl sites for hydroxylation is 1. The van der Waals surface area contributed by atoms with Crippen LogP contribution >= 0.6 is 0 Å². The van der Waals surface area contributed by atoms with E-state index in [1.54, 1.807) is 12.1 Å². The van der Waals surface area contributed by atoms with Gasteiger partial charge in [-0.2, -0.15) is 0 Å². The van der Waals surface area contributed by atoms with Gasteiger partial charge in [0.2, 0.25) is 0 Å². The molecule has 220 valence electrons. The van der Waals surface area contributed by atoms with Crippen LogP contribution in [-0.2, 0) is 16.0 Å². The quantitative estimate of drug-likeness (QED) is 0.117. The smallest absolute Gasteiger partial charge is 0.343 e. The first-order valence-corrected chi connectivity index (χ1v) is 15.0. The highest BCUT2D eigenvalue weighted by atomic mass is 19.1. The second kappa shape index (κ2) is 17.0. The van der Waals surface area contributed by atoms with Crippen LogP contribution in [0.2, 0.25) is 0 Å². The normalized spacial score (nSPS) is 17.7. The van der Waals surface area contributed by atoms with Crippen LogP contribution in [0, 0.1) is 11.7 Å². The number of halogens is 2. The molecule has 0 heterocycles. The summed E-state index contributed by atoms with van der Waals surface area (Å²) in [5, 5.41) is 0. The Hall–Kier alpha value is -2.96. The molecule has 0 saturated heterocycles. The highest BCUT2D eigenvalue weighted by Gasteiger charge is 2.27. The molecule has 0 amide bonds. The lowest BCUT2D eigenvalue weighted by Gasteiger charge is -2.28. The first-order chi connectivity index (χ1) is 19.4. The summed E-state index contributed by atoms with van der Waals surface area (Å²) in [7, 11) is 0. The van der Waals surface area contributed by atoms with Gasteiger partial charge in [-0.25, -0.2) is 18.4 Å². The Kier molecular flexibility index (Phi) is 13.4. The lowest BCUT2D eigenvalue weighted by atomic mass is 9.83. The van der Waals surface area contributed by atoms with Gasteiger partial charge in [0.1, 0.15) is 11.9 Å². The molecule has 0 aliphatic heterocycles. The van der Waals surface area contributed by atoms with E-state index in [4.69, 9.17) is 14.2 Å². The summed E-state index contributed by atoms with van der Waals surface area (Å²) in [6.45, 7) is 4.55. The minimum absolute atomic E-state index is 0.129. The summed E-state index contributed by atoms with van der Waals surface area (Å²) >= 11 is 0. The maximum Gasteiger partial charge on any atom is 0.343 e. The second-order valence-corrected chi connectivity index (χ2v) is 10.8. The molecule has 1 fully saturated rings. The second-order valence-electron chi connectivity index (χ2n) is 10.8. The Morgan fingerprint density at radius 1 is 0.925 bits per heavy atom. The standard InChI is InChI=1S/C33H44F2O5/c1-3-5-7-8-22-38-31-21-16-26(23-30(31)35)32(36)39-27-17-12-24(13-18-27)10-11-25-14-19-28(20-15-25)40-33(37)29(34)9-6-4-2/h12-13,16-18,21,23,25,28-29H,3-11,14-15,19-20,22H2,1-2H3/t25?,28?,29-/m0/s1. The number of benzene rings is 2. The van der Waals surface area contributed by atoms with Crippen LogP contribution in [0.4, 0.5) is 8.78 Å². The topological polar surface area (TPSA) is 61.8 Å². The van der Waals surface area contributed by atoms with Crippen molar-refractivity contribution in [2.45, 2.75) is 110 Å². The third kappa shape index (κ3) is 10.5. The van der Waals surface area contributed by atoms with Crippen molar-refractivity contribution in [2.75, 3.05) is 6.61 Å². The number of hydrogen-bond donors (Lipinski definition) is 0. The van der Waals surface area contributed by atoms with Crippen molar-refractivity contribution < 1.29 is 32.6 Å². The average Bonchev–Trinajstić information content (AvgIpc) is 2.96. The zero-order chi connectivity index (χ0) is 28.7. The molecule has 0 unspecified atom stereocenters. The number of hydrogen-bond acceptors (Lipinski definition) is 5. The number of ether oxygens (including phenoxy) is 3. The number of rotatable bonds is 16. The molecule has 0 radical (unpaired) electrons. The lowest BCUT2D eigenvalue weighted by molar-refractivity contribution is -0.157. The van der Waals surface area contributed by atoms with Crippen LogP contribution in [-0.4, -0.2) is 30.8 Å². The molecule has 1 aliphatic rings. The van der Waals surface area contributed by atoms with Crippen molar-refractivity contribution in [1.29, 1.82) is 0 Å². The summed E-state index contributed by atoms with van der Waals surface area (Å²) in [5.41, 5.74) is 1.26. The van der Waals surface area contributed by atoms with Gasteiger partial charge in [0.05, 0.1) is 12.2 Å². The van der Waals surface area contributed by atoms with Gasteiger partial charge in [-0.3, -0.25) is 0 Å². The Morgan fingerprint density at radius 3 is 2.33 bits per heavy atom. The number of carbonyl (C=O) groups is 2. The summed E-state index contributed by atoms with van der Waals surface area (Å²) in [6.07, 6.45) is 9.63. The number of carbonyl (C=O) groups excluding carboxylic acids is 2. The molecule has 0 spiro atoms. The van der Waals surface area contributed by atoms with Crippen LogP contribution in [0.1, 0.15) is 107 Å². The van der Waals surface area contributed by atoms with E-state index in [-0.39, 0.29) is 23.8 Å². The molecule has 2 aromatic rings. The van der Waals surface area contributed by atoms with Gasteiger partial charge in [0.15, 0.2) is 17.7 Å². The van der Waals surface area contributed by atoms with Crippen LogP contribution in [0.25, 0.3) is 0 Å². The van der Waals surface area contributed by atoms with Gasteiger partial charge < -0.3 is 14.2 Å². The molecule has 40 heavy (non-hydrogen) atoms. The number of unbranched alkanes of at least 4 members (excludes halogenated alkanes) is 4. The zero-order valence-corrected chi connectivity index (χ0v) is 24.0. The minimum Gasteiger partial charge on any atom is -0.491 e. The van der Waals surface area contributed by atoms with Gasteiger partial charge in [-0.05, 0) is 93.2 Å². The highest BCUT2D eigenvalue weighted by molar-refractivity contribution is 5.91. The molecule has 1 aliphatic carbocycles. The van der Waals surface area contributed by atoms with Crippen molar-refractivity contribution in [2.24, 2.45) is 5.92 Å². The van der Waals surface area contributed by atoms with Crippen molar-refractivity contribution in [1.82, 2.24) is 0 Å². The zero-order valence-electron chi connectivity index (χ0n) is 24.0. The highest BCUT2D eigenvalue weighted by Crippen LogP contribution is 2.30. The van der Waals surface area contributed by atoms with E-state index in [1.165, 1.54) is 12.1 Å². The van der Waals surface area contributed by atoms with Crippen LogP contribution in [0.5, 0.6) is 11.5 Å². The van der Waals surface area contributed by atoms with Gasteiger partial charge in [0.25, 0.3) is 0 Å². The van der Waals surface area contributed by atoms with Gasteiger partial charge in [-0.1, -0.05) is 58.1 Å². The molecule has 7 heteroatoms. The van der Waals surface area contributed by atoms with Crippen molar-refractivity contribution in [3.8, 4) is 11.5 Å². The van der Waals surface area contributed by atoms with Crippen LogP contribution in [0.3, 0.4) is 0 Å². The molecule has 0 bridgehead atoms. The van der Waals surface area contributed by atoms with E-state index in [0.29, 0.717) is 24.7 Å². The van der Waals surface area contributed by atoms with Gasteiger partial charge in [0, 0.05) is 0 Å². The molecule has 0 aromatic heterocycles. The number of esters is 2. The SMILES string of the molecule is CCCCCCOc1ccc(C(=O)Oc2ccc(CCC3CCC(OC(=O)[C@@H](F)CCCC)CC3)cc2)cc1F. The predicted octanol–water partition coefficient (Wildman–Crippen LogP) is 8.57. The van der Waals surface area contributed by atoms with E-state index >= 15 is 0 Å². The summed E-state index contributed by atoms with van der Waals surface area (Å²) in [6, 6.07) is 11.5. The van der Waals surface area contributed by atoms with Crippen molar-refractivity contribution in [3.63, 3.8) is 0 Å². The Morgan fingerprint density at radius 2 is 1.65 bits per heavy atom. The molecule has 3 rings (SSSR count). The molecular weight excluding hydrogens is 514 g/mol. The average molecular weight is 559 g/mol. The number of alkyl halides is 1. The molecule has 0 N–H and O–H groups in total. The summed E-state index contributed by atoms with van der Waals surface area (Å²) in [5.74, 6) is -0.830. The maximum atomic E-state index is 14.4.